The van der Waals surface area contributed by atoms with Gasteiger partial charge in [0.2, 0.25) is 5.58 Å². The molecule has 0 saturated carbocycles. The highest BCUT2D eigenvalue weighted by Gasteiger charge is 2.28. The minimum atomic E-state index is 0.505. The number of aromatic nitrogens is 1. The van der Waals surface area contributed by atoms with E-state index in [1.807, 2.05) is 48.0 Å². The van der Waals surface area contributed by atoms with Gasteiger partial charge in [-0.25, -0.2) is 0 Å². The Labute approximate surface area is 172 Å². The molecule has 0 spiro atoms. The monoisotopic (exact) mass is 389 g/mol. The SMILES string of the molecule is Cc1ccccc1-c1oc2c3c(oc4cc5ccccc5cc43)c(C#N)cc2[n+]1C. The fraction of sp³-hybridized carbons (Fsp3) is 0.0769. The van der Waals surface area contributed by atoms with E-state index in [-0.39, 0.29) is 0 Å². The maximum Gasteiger partial charge on any atom is 0.381 e. The molecule has 0 amide bonds. The molecule has 0 aliphatic heterocycles. The first-order valence-corrected chi connectivity index (χ1v) is 9.82. The minimum absolute atomic E-state index is 0.505. The lowest BCUT2D eigenvalue weighted by atomic mass is 10.0. The van der Waals surface area contributed by atoms with Crippen LogP contribution in [0.1, 0.15) is 11.1 Å². The summed E-state index contributed by atoms with van der Waals surface area (Å²) in [5.74, 6) is 0.759. The smallest absolute Gasteiger partial charge is 0.381 e. The van der Waals surface area contributed by atoms with E-state index in [1.54, 1.807) is 0 Å². The summed E-state index contributed by atoms with van der Waals surface area (Å²) >= 11 is 0. The van der Waals surface area contributed by atoms with Crippen LogP contribution in [-0.4, -0.2) is 0 Å². The van der Waals surface area contributed by atoms with Crippen molar-refractivity contribution in [2.75, 3.05) is 0 Å². The first-order valence-electron chi connectivity index (χ1n) is 9.82. The van der Waals surface area contributed by atoms with Gasteiger partial charge in [0, 0.05) is 11.5 Å². The molecule has 0 N–H and O–H groups in total. The van der Waals surface area contributed by atoms with Crippen molar-refractivity contribution in [3.8, 4) is 17.5 Å². The van der Waals surface area contributed by atoms with Gasteiger partial charge in [-0.3, -0.25) is 0 Å². The van der Waals surface area contributed by atoms with Gasteiger partial charge >= 0.3 is 5.89 Å². The van der Waals surface area contributed by atoms with E-state index < -0.39 is 0 Å². The quantitative estimate of drug-likeness (QED) is 0.317. The number of aryl methyl sites for hydroxylation is 2. The van der Waals surface area contributed by atoms with E-state index in [0.717, 1.165) is 55.2 Å². The standard InChI is InChI=1S/C26H17N2O2/c1-15-7-3-6-10-19(15)26-28(2)21-12-18(14-27)24-23(25(21)30-26)20-11-16-8-4-5-9-17(16)13-22(20)29-24/h3-13H,1-2H3/q+1. The largest absolute Gasteiger partial charge is 0.454 e. The molecule has 2 heterocycles. The number of hydrogen-bond acceptors (Lipinski definition) is 3. The van der Waals surface area contributed by atoms with Crippen LogP contribution < -0.4 is 4.57 Å². The van der Waals surface area contributed by atoms with E-state index in [9.17, 15) is 5.26 Å². The van der Waals surface area contributed by atoms with Gasteiger partial charge in [0.15, 0.2) is 5.58 Å². The molecule has 4 aromatic carbocycles. The summed E-state index contributed by atoms with van der Waals surface area (Å²) in [6.45, 7) is 2.07. The van der Waals surface area contributed by atoms with Crippen LogP contribution in [0.3, 0.4) is 0 Å². The lowest BCUT2D eigenvalue weighted by Gasteiger charge is -1.97. The molecule has 142 valence electrons. The van der Waals surface area contributed by atoms with Crippen LogP contribution in [0.25, 0.3) is 55.3 Å². The third-order valence-electron chi connectivity index (χ3n) is 5.90. The van der Waals surface area contributed by atoms with Gasteiger partial charge in [0.05, 0.1) is 10.9 Å². The predicted octanol–water partition coefficient (Wildman–Crippen LogP) is 6.16. The highest BCUT2D eigenvalue weighted by Crippen LogP contribution is 2.39. The number of nitrogens with zero attached hydrogens (tertiary/aromatic N) is 2. The van der Waals surface area contributed by atoms with Crippen molar-refractivity contribution >= 4 is 43.8 Å². The van der Waals surface area contributed by atoms with Gasteiger partial charge in [-0.15, -0.1) is 0 Å². The van der Waals surface area contributed by atoms with E-state index in [0.29, 0.717) is 11.1 Å². The molecule has 4 heteroatoms. The van der Waals surface area contributed by atoms with E-state index >= 15 is 0 Å². The molecule has 0 radical (unpaired) electrons. The Morgan fingerprint density at radius 2 is 1.60 bits per heavy atom. The molecule has 0 fully saturated rings. The normalized spacial score (nSPS) is 11.6. The highest BCUT2D eigenvalue weighted by atomic mass is 16.4. The zero-order valence-electron chi connectivity index (χ0n) is 16.6. The number of furan rings is 1. The number of rotatable bonds is 1. The first kappa shape index (κ1) is 16.8. The molecule has 30 heavy (non-hydrogen) atoms. The Morgan fingerprint density at radius 1 is 0.867 bits per heavy atom. The average molecular weight is 389 g/mol. The van der Waals surface area contributed by atoms with Crippen LogP contribution in [0, 0.1) is 18.3 Å². The van der Waals surface area contributed by atoms with Gasteiger partial charge in [-0.05, 0) is 41.5 Å². The molecule has 4 nitrogen and oxygen atoms in total. The van der Waals surface area contributed by atoms with Crippen molar-refractivity contribution in [1.29, 1.82) is 5.26 Å². The van der Waals surface area contributed by atoms with Crippen molar-refractivity contribution in [3.05, 3.63) is 77.9 Å². The fourth-order valence-electron chi connectivity index (χ4n) is 4.35. The van der Waals surface area contributed by atoms with E-state index in [2.05, 4.69) is 43.3 Å². The maximum absolute atomic E-state index is 9.82. The van der Waals surface area contributed by atoms with Gasteiger partial charge < -0.3 is 8.83 Å². The minimum Gasteiger partial charge on any atom is -0.454 e. The second kappa shape index (κ2) is 5.95. The summed E-state index contributed by atoms with van der Waals surface area (Å²) in [5.41, 5.74) is 5.59. The molecule has 6 aromatic rings. The average Bonchev–Trinajstić information content (AvgIpc) is 3.29. The Hall–Kier alpha value is -4.10. The Kier molecular flexibility index (Phi) is 3.33. The Balaban J connectivity index is 1.81. The number of fused-ring (bicyclic) bond motifs is 6. The molecule has 6 rings (SSSR count). The molecule has 0 saturated heterocycles. The van der Waals surface area contributed by atoms with Gasteiger partial charge in [0.1, 0.15) is 24.3 Å². The van der Waals surface area contributed by atoms with Gasteiger partial charge in [0.25, 0.3) is 5.52 Å². The van der Waals surface area contributed by atoms with Crippen molar-refractivity contribution in [2.45, 2.75) is 6.92 Å². The van der Waals surface area contributed by atoms with Crippen LogP contribution in [0.5, 0.6) is 0 Å². The zero-order chi connectivity index (χ0) is 20.4. The van der Waals surface area contributed by atoms with Crippen LogP contribution in [-0.2, 0) is 7.05 Å². The summed E-state index contributed by atoms with van der Waals surface area (Å²) in [6, 6.07) is 24.6. The Bertz CT molecular complexity index is 1680. The second-order valence-corrected chi connectivity index (χ2v) is 7.67. The van der Waals surface area contributed by atoms with Crippen molar-refractivity contribution in [1.82, 2.24) is 0 Å². The summed E-state index contributed by atoms with van der Waals surface area (Å²) in [5, 5.41) is 13.8. The van der Waals surface area contributed by atoms with E-state index in [4.69, 9.17) is 8.83 Å². The third kappa shape index (κ3) is 2.18. The van der Waals surface area contributed by atoms with Crippen molar-refractivity contribution < 1.29 is 13.4 Å². The molecular formula is C26H17N2O2+. The molecule has 0 unspecified atom stereocenters. The molecular weight excluding hydrogens is 372 g/mol. The van der Waals surface area contributed by atoms with Crippen LogP contribution >= 0.6 is 0 Å². The van der Waals surface area contributed by atoms with Crippen LogP contribution in [0.15, 0.2) is 75.6 Å². The maximum atomic E-state index is 9.82. The summed E-state index contributed by atoms with van der Waals surface area (Å²) < 4.78 is 14.6. The van der Waals surface area contributed by atoms with Gasteiger partial charge in [-0.2, -0.15) is 9.83 Å². The molecule has 0 aliphatic carbocycles. The summed E-state index contributed by atoms with van der Waals surface area (Å²) in [6.07, 6.45) is 0. The Morgan fingerprint density at radius 3 is 2.37 bits per heavy atom. The molecule has 0 bridgehead atoms. The van der Waals surface area contributed by atoms with Crippen LogP contribution in [0.2, 0.25) is 0 Å². The molecule has 2 aromatic heterocycles. The third-order valence-corrected chi connectivity index (χ3v) is 5.90. The number of oxazole rings is 1. The predicted molar refractivity (Wildman–Crippen MR) is 117 cm³/mol. The van der Waals surface area contributed by atoms with Crippen LogP contribution in [0.4, 0.5) is 0 Å². The zero-order valence-corrected chi connectivity index (χ0v) is 16.6. The van der Waals surface area contributed by atoms with Gasteiger partial charge in [-0.1, -0.05) is 42.5 Å². The second-order valence-electron chi connectivity index (χ2n) is 7.67. The lowest BCUT2D eigenvalue weighted by molar-refractivity contribution is -0.637. The summed E-state index contributed by atoms with van der Waals surface area (Å²) in [4.78, 5) is 0. The first-order chi connectivity index (χ1) is 14.7. The molecule has 0 atom stereocenters. The lowest BCUT2D eigenvalue weighted by Crippen LogP contribution is -2.28. The highest BCUT2D eigenvalue weighted by molar-refractivity contribution is 6.19. The van der Waals surface area contributed by atoms with Crippen molar-refractivity contribution in [2.24, 2.45) is 7.05 Å². The van der Waals surface area contributed by atoms with Crippen molar-refractivity contribution in [3.63, 3.8) is 0 Å². The number of nitriles is 1. The summed E-state index contributed by atoms with van der Waals surface area (Å²) in [7, 11) is 1.97. The fourth-order valence-corrected chi connectivity index (χ4v) is 4.35. The van der Waals surface area contributed by atoms with E-state index in [1.165, 1.54) is 0 Å². The topological polar surface area (TPSA) is 54.0 Å². The molecule has 0 aliphatic rings. The number of hydrogen-bond donors (Lipinski definition) is 0. The number of benzene rings is 4.